The van der Waals surface area contributed by atoms with Gasteiger partial charge >= 0.3 is 7.60 Å². The second kappa shape index (κ2) is 9.56. The van der Waals surface area contributed by atoms with Crippen LogP contribution in [0, 0.1) is 0 Å². The van der Waals surface area contributed by atoms with Crippen molar-refractivity contribution in [2.24, 2.45) is 0 Å². The summed E-state index contributed by atoms with van der Waals surface area (Å²) >= 11 is 0. The van der Waals surface area contributed by atoms with Gasteiger partial charge in [-0.2, -0.15) is 0 Å². The van der Waals surface area contributed by atoms with E-state index in [-0.39, 0.29) is 32.1 Å². The molecule has 0 radical (unpaired) electrons. The molecule has 0 bridgehead atoms. The summed E-state index contributed by atoms with van der Waals surface area (Å²) in [7, 11) is -3.60. The van der Waals surface area contributed by atoms with Crippen LogP contribution >= 0.6 is 7.60 Å². The Morgan fingerprint density at radius 2 is 1.80 bits per heavy atom. The molecule has 1 heterocycles. The van der Waals surface area contributed by atoms with Crippen molar-refractivity contribution in [2.75, 3.05) is 13.2 Å². The van der Waals surface area contributed by atoms with E-state index >= 15 is 0 Å². The normalized spacial score (nSPS) is 12.7. The number of amides is 1. The maximum Gasteiger partial charge on any atom is 0.343 e. The number of hydrogen-bond donors (Lipinski definition) is 1. The van der Waals surface area contributed by atoms with E-state index in [9.17, 15) is 9.36 Å². The molecule has 1 unspecified atom stereocenters. The maximum absolute atomic E-state index is 13.2. The lowest BCUT2D eigenvalue weighted by molar-refractivity contribution is -0.121. The predicted octanol–water partition coefficient (Wildman–Crippen LogP) is 3.77. The molecule has 25 heavy (non-hydrogen) atoms. The highest BCUT2D eigenvalue weighted by molar-refractivity contribution is 7.55. The fourth-order valence-corrected chi connectivity index (χ4v) is 4.43. The minimum Gasteiger partial charge on any atom is -0.467 e. The number of carbonyl (C=O) groups is 1. The fraction of sp³-hybridized carbons (Fsp3) is 0.389. The molecule has 0 saturated carbocycles. The third-order valence-corrected chi connectivity index (χ3v) is 6.01. The molecule has 0 spiro atoms. The van der Waals surface area contributed by atoms with E-state index in [1.165, 1.54) is 6.26 Å². The van der Waals surface area contributed by atoms with Crippen molar-refractivity contribution in [3.63, 3.8) is 0 Å². The SMILES string of the molecule is CCOP(=O)(OCC)C(Cc1ccccc1)C(=O)NCc1ccco1. The standard InChI is InChI=1S/C18H24NO5P/c1-3-23-25(21,24-4-2)17(13-15-9-6-5-7-10-15)18(20)19-14-16-11-8-12-22-16/h5-12,17H,3-4,13-14H2,1-2H3,(H,19,20). The lowest BCUT2D eigenvalue weighted by Gasteiger charge is -2.25. The minimum atomic E-state index is -3.60. The maximum atomic E-state index is 13.2. The number of hydrogen-bond acceptors (Lipinski definition) is 5. The number of furan rings is 1. The summed E-state index contributed by atoms with van der Waals surface area (Å²) in [6, 6.07) is 12.9. The van der Waals surface area contributed by atoms with Gasteiger partial charge in [-0.3, -0.25) is 9.36 Å². The monoisotopic (exact) mass is 365 g/mol. The van der Waals surface area contributed by atoms with Gasteiger partial charge in [0.15, 0.2) is 0 Å². The Labute approximate surface area is 148 Å². The summed E-state index contributed by atoms with van der Waals surface area (Å²) in [5, 5.41) is 2.76. The number of rotatable bonds is 10. The molecule has 0 aliphatic heterocycles. The topological polar surface area (TPSA) is 77.8 Å². The van der Waals surface area contributed by atoms with E-state index < -0.39 is 13.3 Å². The Balaban J connectivity index is 2.20. The molecule has 0 fully saturated rings. The van der Waals surface area contributed by atoms with Gasteiger partial charge in [-0.1, -0.05) is 30.3 Å². The van der Waals surface area contributed by atoms with Crippen LogP contribution in [0.4, 0.5) is 0 Å². The highest BCUT2D eigenvalue weighted by atomic mass is 31.2. The summed E-state index contributed by atoms with van der Waals surface area (Å²) < 4.78 is 29.2. The molecule has 1 amide bonds. The summed E-state index contributed by atoms with van der Waals surface area (Å²) in [6.07, 6.45) is 1.80. The molecule has 2 aromatic rings. The van der Waals surface area contributed by atoms with Crippen molar-refractivity contribution in [1.82, 2.24) is 5.32 Å². The first kappa shape index (κ1) is 19.4. The predicted molar refractivity (Wildman–Crippen MR) is 95.3 cm³/mol. The Bertz CT molecular complexity index is 677. The van der Waals surface area contributed by atoms with Crippen molar-refractivity contribution in [1.29, 1.82) is 0 Å². The molecule has 6 nitrogen and oxygen atoms in total. The summed E-state index contributed by atoms with van der Waals surface area (Å²) in [5.41, 5.74) is -0.0370. The average Bonchev–Trinajstić information content (AvgIpc) is 3.12. The first-order valence-corrected chi connectivity index (χ1v) is 9.93. The van der Waals surface area contributed by atoms with Crippen molar-refractivity contribution >= 4 is 13.5 Å². The molecule has 0 aliphatic rings. The van der Waals surface area contributed by atoms with Crippen molar-refractivity contribution in [3.05, 3.63) is 60.1 Å². The van der Waals surface area contributed by atoms with Crippen molar-refractivity contribution in [3.8, 4) is 0 Å². The largest absolute Gasteiger partial charge is 0.467 e. The molecular weight excluding hydrogens is 341 g/mol. The van der Waals surface area contributed by atoms with Gasteiger partial charge in [-0.15, -0.1) is 0 Å². The lowest BCUT2D eigenvalue weighted by atomic mass is 10.1. The van der Waals surface area contributed by atoms with Crippen LogP contribution in [0.15, 0.2) is 53.1 Å². The molecular formula is C18H24NO5P. The van der Waals surface area contributed by atoms with Crippen LogP contribution in [0.25, 0.3) is 0 Å². The molecule has 1 atom stereocenters. The second-order valence-electron chi connectivity index (χ2n) is 5.38. The first-order valence-electron chi connectivity index (χ1n) is 8.32. The van der Waals surface area contributed by atoms with Gasteiger partial charge in [0.25, 0.3) is 0 Å². The molecule has 1 N–H and O–H groups in total. The van der Waals surface area contributed by atoms with Crippen LogP contribution in [0.2, 0.25) is 0 Å². The first-order chi connectivity index (χ1) is 12.1. The second-order valence-corrected chi connectivity index (χ2v) is 7.60. The zero-order chi connectivity index (χ0) is 18.1. The fourth-order valence-electron chi connectivity index (χ4n) is 2.47. The van der Waals surface area contributed by atoms with Gasteiger partial charge in [0.1, 0.15) is 11.4 Å². The van der Waals surface area contributed by atoms with Crippen LogP contribution in [0.5, 0.6) is 0 Å². The van der Waals surface area contributed by atoms with Crippen LogP contribution in [-0.2, 0) is 31.4 Å². The Morgan fingerprint density at radius 3 is 2.36 bits per heavy atom. The third kappa shape index (κ3) is 5.56. The van der Waals surface area contributed by atoms with E-state index in [2.05, 4.69) is 5.32 Å². The zero-order valence-electron chi connectivity index (χ0n) is 14.5. The van der Waals surface area contributed by atoms with Crippen LogP contribution in [0.1, 0.15) is 25.2 Å². The third-order valence-electron chi connectivity index (χ3n) is 3.59. The molecule has 1 aromatic carbocycles. The highest BCUT2D eigenvalue weighted by Gasteiger charge is 2.41. The molecule has 0 aliphatic carbocycles. The minimum absolute atomic E-state index is 0.202. The molecule has 0 saturated heterocycles. The smallest absolute Gasteiger partial charge is 0.343 e. The highest BCUT2D eigenvalue weighted by Crippen LogP contribution is 2.54. The van der Waals surface area contributed by atoms with Gasteiger partial charge in [0.2, 0.25) is 5.91 Å². The van der Waals surface area contributed by atoms with Crippen molar-refractivity contribution in [2.45, 2.75) is 32.5 Å². The van der Waals surface area contributed by atoms with Crippen molar-refractivity contribution < 1.29 is 22.8 Å². The molecule has 2 rings (SSSR count). The Morgan fingerprint density at radius 1 is 1.12 bits per heavy atom. The summed E-state index contributed by atoms with van der Waals surface area (Å²) in [4.78, 5) is 12.8. The van der Waals surface area contributed by atoms with Gasteiger partial charge in [-0.05, 0) is 38.0 Å². The molecule has 1 aromatic heterocycles. The van der Waals surface area contributed by atoms with Gasteiger partial charge < -0.3 is 18.8 Å². The molecule has 136 valence electrons. The van der Waals surface area contributed by atoms with Crippen LogP contribution < -0.4 is 5.32 Å². The lowest BCUT2D eigenvalue weighted by Crippen LogP contribution is -2.36. The van der Waals surface area contributed by atoms with E-state index in [0.717, 1.165) is 5.56 Å². The average molecular weight is 365 g/mol. The summed E-state index contributed by atoms with van der Waals surface area (Å²) in [5.74, 6) is 0.236. The van der Waals surface area contributed by atoms with Gasteiger partial charge in [0.05, 0.1) is 26.0 Å². The number of nitrogens with one attached hydrogen (secondary N) is 1. The van der Waals surface area contributed by atoms with E-state index in [1.54, 1.807) is 26.0 Å². The summed E-state index contributed by atoms with van der Waals surface area (Å²) in [6.45, 7) is 4.08. The van der Waals surface area contributed by atoms with Crippen LogP contribution in [0.3, 0.4) is 0 Å². The quantitative estimate of drug-likeness (QED) is 0.649. The zero-order valence-corrected chi connectivity index (χ0v) is 15.4. The van der Waals surface area contributed by atoms with E-state index in [0.29, 0.717) is 5.76 Å². The number of carbonyl (C=O) groups excluding carboxylic acids is 1. The number of benzene rings is 1. The Hall–Kier alpha value is -1.88. The molecule has 7 heteroatoms. The Kier molecular flexibility index (Phi) is 7.44. The van der Waals surface area contributed by atoms with Crippen LogP contribution in [-0.4, -0.2) is 24.8 Å². The van der Waals surface area contributed by atoms with Gasteiger partial charge in [-0.25, -0.2) is 0 Å². The van der Waals surface area contributed by atoms with Gasteiger partial charge in [0, 0.05) is 0 Å². The van der Waals surface area contributed by atoms with E-state index in [4.69, 9.17) is 13.5 Å². The van der Waals surface area contributed by atoms with E-state index in [1.807, 2.05) is 30.3 Å².